The lowest BCUT2D eigenvalue weighted by Gasteiger charge is -2.22. The molecule has 1 aromatic rings. The zero-order valence-corrected chi connectivity index (χ0v) is 11.4. The van der Waals surface area contributed by atoms with E-state index in [1.807, 2.05) is 12.1 Å². The lowest BCUT2D eigenvalue weighted by atomic mass is 9.82. The summed E-state index contributed by atoms with van der Waals surface area (Å²) in [6.07, 6.45) is 0.562. The van der Waals surface area contributed by atoms with Crippen LogP contribution < -0.4 is 0 Å². The number of hydrogen-bond donors (Lipinski definition) is 1. The van der Waals surface area contributed by atoms with E-state index in [1.54, 1.807) is 13.8 Å². The summed E-state index contributed by atoms with van der Waals surface area (Å²) in [4.78, 5) is 11.1. The highest BCUT2D eigenvalue weighted by atomic mass is 16.4. The van der Waals surface area contributed by atoms with Crippen LogP contribution in [0.15, 0.2) is 24.3 Å². The molecule has 0 heterocycles. The molecule has 1 N–H and O–H groups in total. The minimum absolute atomic E-state index is 0.101. The summed E-state index contributed by atoms with van der Waals surface area (Å²) in [6.45, 7) is 10.0. The maximum Gasteiger partial charge on any atom is 0.309 e. The maximum atomic E-state index is 11.1. The molecular formula is C15H22O2. The fourth-order valence-corrected chi connectivity index (χ4v) is 1.73. The normalized spacial score (nSPS) is 12.5. The van der Waals surface area contributed by atoms with Crippen molar-refractivity contribution in [3.05, 3.63) is 35.4 Å². The van der Waals surface area contributed by atoms with E-state index in [2.05, 4.69) is 32.9 Å². The molecule has 0 fully saturated rings. The van der Waals surface area contributed by atoms with Crippen LogP contribution in [0.4, 0.5) is 0 Å². The van der Waals surface area contributed by atoms with E-state index in [4.69, 9.17) is 5.11 Å². The lowest BCUT2D eigenvalue weighted by Crippen LogP contribution is -2.26. The van der Waals surface area contributed by atoms with Crippen LogP contribution in [-0.2, 0) is 16.6 Å². The largest absolute Gasteiger partial charge is 0.481 e. The quantitative estimate of drug-likeness (QED) is 0.867. The van der Waals surface area contributed by atoms with Gasteiger partial charge >= 0.3 is 5.97 Å². The van der Waals surface area contributed by atoms with Gasteiger partial charge in [0.2, 0.25) is 0 Å². The van der Waals surface area contributed by atoms with Crippen molar-refractivity contribution in [3.8, 4) is 0 Å². The van der Waals surface area contributed by atoms with Crippen LogP contribution in [0.25, 0.3) is 0 Å². The van der Waals surface area contributed by atoms with E-state index in [9.17, 15) is 4.79 Å². The number of benzene rings is 1. The highest BCUT2D eigenvalue weighted by Crippen LogP contribution is 2.26. The average molecular weight is 234 g/mol. The predicted octanol–water partition coefficient (Wildman–Crippen LogP) is 3.64. The van der Waals surface area contributed by atoms with Gasteiger partial charge in [-0.05, 0) is 36.8 Å². The van der Waals surface area contributed by atoms with E-state index >= 15 is 0 Å². The monoisotopic (exact) mass is 234 g/mol. The SMILES string of the molecule is CC(C)(Cc1cccc(C(C)(C)C)c1)C(=O)O. The molecule has 0 unspecified atom stereocenters. The van der Waals surface area contributed by atoms with Crippen molar-refractivity contribution in [3.63, 3.8) is 0 Å². The Morgan fingerprint density at radius 2 is 1.76 bits per heavy atom. The second-order valence-electron chi connectivity index (χ2n) is 6.32. The third kappa shape index (κ3) is 3.58. The van der Waals surface area contributed by atoms with E-state index in [0.717, 1.165) is 5.56 Å². The molecule has 1 rings (SSSR count). The van der Waals surface area contributed by atoms with E-state index in [1.165, 1.54) is 5.56 Å². The molecule has 94 valence electrons. The van der Waals surface area contributed by atoms with Gasteiger partial charge in [-0.2, -0.15) is 0 Å². The first-order chi connectivity index (χ1) is 7.63. The fraction of sp³-hybridized carbons (Fsp3) is 0.533. The predicted molar refractivity (Wildman–Crippen MR) is 70.3 cm³/mol. The molecule has 0 saturated heterocycles. The first-order valence-corrected chi connectivity index (χ1v) is 5.96. The zero-order chi connectivity index (χ0) is 13.3. The van der Waals surface area contributed by atoms with E-state index in [0.29, 0.717) is 6.42 Å². The molecule has 1 aromatic carbocycles. The van der Waals surface area contributed by atoms with Gasteiger partial charge in [0.25, 0.3) is 0 Å². The second-order valence-corrected chi connectivity index (χ2v) is 6.32. The van der Waals surface area contributed by atoms with Crippen LogP contribution in [0.1, 0.15) is 45.7 Å². The molecule has 0 aliphatic heterocycles. The highest BCUT2D eigenvalue weighted by molar-refractivity contribution is 5.74. The summed E-state index contributed by atoms with van der Waals surface area (Å²) < 4.78 is 0. The van der Waals surface area contributed by atoms with Gasteiger partial charge in [-0.15, -0.1) is 0 Å². The molecule has 2 heteroatoms. The summed E-state index contributed by atoms with van der Waals surface area (Å²) in [7, 11) is 0. The molecule has 0 aromatic heterocycles. The van der Waals surface area contributed by atoms with Gasteiger partial charge < -0.3 is 5.11 Å². The first kappa shape index (κ1) is 13.8. The van der Waals surface area contributed by atoms with Crippen LogP contribution in [0.5, 0.6) is 0 Å². The van der Waals surface area contributed by atoms with Gasteiger partial charge in [-0.3, -0.25) is 4.79 Å². The topological polar surface area (TPSA) is 37.3 Å². The Morgan fingerprint density at radius 1 is 1.18 bits per heavy atom. The van der Waals surface area contributed by atoms with Crippen molar-refractivity contribution in [2.45, 2.75) is 46.5 Å². The van der Waals surface area contributed by atoms with Gasteiger partial charge in [-0.25, -0.2) is 0 Å². The number of rotatable bonds is 3. The van der Waals surface area contributed by atoms with E-state index < -0.39 is 11.4 Å². The molecule has 17 heavy (non-hydrogen) atoms. The molecule has 0 radical (unpaired) electrons. The van der Waals surface area contributed by atoms with Crippen LogP contribution in [0, 0.1) is 5.41 Å². The van der Waals surface area contributed by atoms with Gasteiger partial charge in [0.05, 0.1) is 5.41 Å². The van der Waals surface area contributed by atoms with Crippen molar-refractivity contribution in [2.75, 3.05) is 0 Å². The van der Waals surface area contributed by atoms with Crippen molar-refractivity contribution in [1.29, 1.82) is 0 Å². The van der Waals surface area contributed by atoms with Crippen molar-refractivity contribution >= 4 is 5.97 Å². The lowest BCUT2D eigenvalue weighted by molar-refractivity contribution is -0.146. The first-order valence-electron chi connectivity index (χ1n) is 5.96. The number of carboxylic acid groups (broad SMARTS) is 1. The molecule has 0 spiro atoms. The maximum absolute atomic E-state index is 11.1. The van der Waals surface area contributed by atoms with Crippen molar-refractivity contribution in [1.82, 2.24) is 0 Å². The molecule has 0 amide bonds. The molecule has 0 bridgehead atoms. The molecule has 0 atom stereocenters. The third-order valence-electron chi connectivity index (χ3n) is 3.02. The highest BCUT2D eigenvalue weighted by Gasteiger charge is 2.27. The summed E-state index contributed by atoms with van der Waals surface area (Å²) in [6, 6.07) is 8.22. The third-order valence-corrected chi connectivity index (χ3v) is 3.02. The van der Waals surface area contributed by atoms with Crippen LogP contribution in [0.3, 0.4) is 0 Å². The summed E-state index contributed by atoms with van der Waals surface area (Å²) in [5.74, 6) is -0.751. The number of carboxylic acids is 1. The van der Waals surface area contributed by atoms with E-state index in [-0.39, 0.29) is 5.41 Å². The molecule has 0 aliphatic carbocycles. The van der Waals surface area contributed by atoms with Crippen LogP contribution in [-0.4, -0.2) is 11.1 Å². The Morgan fingerprint density at radius 3 is 2.24 bits per heavy atom. The Kier molecular flexibility index (Phi) is 3.65. The van der Waals surface area contributed by atoms with Gasteiger partial charge in [0.15, 0.2) is 0 Å². The van der Waals surface area contributed by atoms with Crippen LogP contribution in [0.2, 0.25) is 0 Å². The number of hydrogen-bond acceptors (Lipinski definition) is 1. The zero-order valence-electron chi connectivity index (χ0n) is 11.4. The van der Waals surface area contributed by atoms with Gasteiger partial charge in [0.1, 0.15) is 0 Å². The Hall–Kier alpha value is -1.31. The summed E-state index contributed by atoms with van der Waals surface area (Å²) in [5.41, 5.74) is 1.72. The molecule has 0 saturated carbocycles. The van der Waals surface area contributed by atoms with Crippen molar-refractivity contribution < 1.29 is 9.90 Å². The molecule has 0 aliphatic rings. The van der Waals surface area contributed by atoms with Crippen molar-refractivity contribution in [2.24, 2.45) is 5.41 Å². The summed E-state index contributed by atoms with van der Waals surface area (Å²) >= 11 is 0. The Balaban J connectivity index is 2.98. The van der Waals surface area contributed by atoms with Crippen LogP contribution >= 0.6 is 0 Å². The molecular weight excluding hydrogens is 212 g/mol. The van der Waals surface area contributed by atoms with Gasteiger partial charge in [-0.1, -0.05) is 45.0 Å². The minimum Gasteiger partial charge on any atom is -0.481 e. The smallest absolute Gasteiger partial charge is 0.309 e. The Bertz CT molecular complexity index is 411. The average Bonchev–Trinajstić information content (AvgIpc) is 2.15. The molecule has 2 nitrogen and oxygen atoms in total. The number of aliphatic carboxylic acids is 1. The summed E-state index contributed by atoms with van der Waals surface area (Å²) in [5, 5.41) is 9.13. The Labute approximate surface area is 104 Å². The van der Waals surface area contributed by atoms with Gasteiger partial charge in [0, 0.05) is 0 Å². The standard InChI is InChI=1S/C15H22O2/c1-14(2,3)12-8-6-7-11(9-12)10-15(4,5)13(16)17/h6-9H,10H2,1-5H3,(H,16,17). The minimum atomic E-state index is -0.751. The number of carbonyl (C=O) groups is 1. The second kappa shape index (κ2) is 4.52. The fourth-order valence-electron chi connectivity index (χ4n) is 1.73.